The lowest BCUT2D eigenvalue weighted by atomic mass is 10.1. The summed E-state index contributed by atoms with van der Waals surface area (Å²) in [6.45, 7) is 3.01. The number of rotatable bonds is 5. The zero-order valence-corrected chi connectivity index (χ0v) is 10.8. The van der Waals surface area contributed by atoms with Gasteiger partial charge in [0.1, 0.15) is 6.54 Å². The molecule has 0 saturated carbocycles. The van der Waals surface area contributed by atoms with Crippen molar-refractivity contribution in [1.29, 1.82) is 0 Å². The lowest BCUT2D eigenvalue weighted by Crippen LogP contribution is -2.27. The van der Waals surface area contributed by atoms with E-state index in [1.54, 1.807) is 6.20 Å². The minimum absolute atomic E-state index is 0.100. The van der Waals surface area contributed by atoms with Gasteiger partial charge in [-0.3, -0.25) is 4.79 Å². The molecule has 6 heteroatoms. The van der Waals surface area contributed by atoms with E-state index in [2.05, 4.69) is 15.6 Å². The van der Waals surface area contributed by atoms with Gasteiger partial charge in [-0.25, -0.2) is 4.68 Å². The summed E-state index contributed by atoms with van der Waals surface area (Å²) in [6, 6.07) is 7.95. The van der Waals surface area contributed by atoms with Gasteiger partial charge in [0.05, 0.1) is 11.9 Å². The van der Waals surface area contributed by atoms with E-state index in [9.17, 15) is 4.79 Å². The Morgan fingerprint density at radius 1 is 1.42 bits per heavy atom. The first-order chi connectivity index (χ1) is 9.19. The highest BCUT2D eigenvalue weighted by Gasteiger charge is 2.05. The second-order valence-electron chi connectivity index (χ2n) is 4.31. The molecule has 0 bridgehead atoms. The Morgan fingerprint density at radius 3 is 2.89 bits per heavy atom. The van der Waals surface area contributed by atoms with Crippen LogP contribution in [0.2, 0.25) is 0 Å². The van der Waals surface area contributed by atoms with E-state index in [0.29, 0.717) is 18.8 Å². The summed E-state index contributed by atoms with van der Waals surface area (Å²) >= 11 is 0. The molecule has 2 rings (SSSR count). The normalized spacial score (nSPS) is 10.4. The second-order valence-corrected chi connectivity index (χ2v) is 4.31. The maximum absolute atomic E-state index is 11.8. The second kappa shape index (κ2) is 6.10. The molecule has 0 aliphatic carbocycles. The van der Waals surface area contributed by atoms with Gasteiger partial charge in [0.2, 0.25) is 5.91 Å². The number of nitrogens with two attached hydrogens (primary N) is 1. The maximum Gasteiger partial charge on any atom is 0.242 e. The Bertz CT molecular complexity index is 564. The SMILES string of the molecule is Cc1ccccc1CNC(=O)Cn1cc(CN)nn1. The third kappa shape index (κ3) is 3.62. The fourth-order valence-electron chi connectivity index (χ4n) is 1.71. The smallest absolute Gasteiger partial charge is 0.242 e. The predicted molar refractivity (Wildman–Crippen MR) is 70.9 cm³/mol. The molecule has 0 radical (unpaired) electrons. The molecule has 0 unspecified atom stereocenters. The number of carbonyl (C=O) groups excluding carboxylic acids is 1. The zero-order chi connectivity index (χ0) is 13.7. The molecule has 3 N–H and O–H groups in total. The van der Waals surface area contributed by atoms with Crippen molar-refractivity contribution in [2.24, 2.45) is 5.73 Å². The summed E-state index contributed by atoms with van der Waals surface area (Å²) in [5.74, 6) is -0.100. The summed E-state index contributed by atoms with van der Waals surface area (Å²) < 4.78 is 1.48. The van der Waals surface area contributed by atoms with E-state index in [1.807, 2.05) is 31.2 Å². The molecular formula is C13H17N5O. The summed E-state index contributed by atoms with van der Waals surface area (Å²) in [5.41, 5.74) is 8.37. The molecule has 0 aliphatic rings. The largest absolute Gasteiger partial charge is 0.350 e. The quantitative estimate of drug-likeness (QED) is 0.812. The molecule has 1 aromatic heterocycles. The molecule has 0 saturated heterocycles. The van der Waals surface area contributed by atoms with Crippen LogP contribution in [-0.2, 0) is 24.4 Å². The van der Waals surface area contributed by atoms with Crippen LogP contribution in [0.15, 0.2) is 30.5 Å². The molecule has 6 nitrogen and oxygen atoms in total. The molecule has 1 amide bonds. The van der Waals surface area contributed by atoms with Crippen LogP contribution in [0.25, 0.3) is 0 Å². The van der Waals surface area contributed by atoms with Gasteiger partial charge in [0, 0.05) is 13.1 Å². The van der Waals surface area contributed by atoms with Crippen molar-refractivity contribution in [3.63, 3.8) is 0 Å². The summed E-state index contributed by atoms with van der Waals surface area (Å²) in [4.78, 5) is 11.8. The summed E-state index contributed by atoms with van der Waals surface area (Å²) in [5, 5.41) is 10.5. The molecule has 1 aromatic carbocycles. The van der Waals surface area contributed by atoms with Crippen LogP contribution in [0.3, 0.4) is 0 Å². The molecule has 0 atom stereocenters. The van der Waals surface area contributed by atoms with Gasteiger partial charge in [0.15, 0.2) is 0 Å². The highest BCUT2D eigenvalue weighted by Crippen LogP contribution is 2.05. The molecule has 0 spiro atoms. The van der Waals surface area contributed by atoms with Crippen LogP contribution in [0, 0.1) is 6.92 Å². The monoisotopic (exact) mass is 259 g/mol. The van der Waals surface area contributed by atoms with Crippen LogP contribution in [-0.4, -0.2) is 20.9 Å². The van der Waals surface area contributed by atoms with Gasteiger partial charge in [-0.05, 0) is 18.1 Å². The third-order valence-corrected chi connectivity index (χ3v) is 2.84. The fourth-order valence-corrected chi connectivity index (χ4v) is 1.71. The number of aromatic nitrogens is 3. The van der Waals surface area contributed by atoms with Crippen molar-refractivity contribution in [2.45, 2.75) is 26.6 Å². The van der Waals surface area contributed by atoms with E-state index in [4.69, 9.17) is 5.73 Å². The maximum atomic E-state index is 11.8. The van der Waals surface area contributed by atoms with Gasteiger partial charge in [-0.2, -0.15) is 0 Å². The number of aryl methyl sites for hydroxylation is 1. The summed E-state index contributed by atoms with van der Waals surface area (Å²) in [6.07, 6.45) is 1.67. The van der Waals surface area contributed by atoms with Crippen molar-refractivity contribution in [3.05, 3.63) is 47.3 Å². The van der Waals surface area contributed by atoms with Crippen molar-refractivity contribution < 1.29 is 4.79 Å². The van der Waals surface area contributed by atoms with E-state index in [1.165, 1.54) is 4.68 Å². The number of nitrogens with one attached hydrogen (secondary N) is 1. The third-order valence-electron chi connectivity index (χ3n) is 2.84. The fraction of sp³-hybridized carbons (Fsp3) is 0.308. The van der Waals surface area contributed by atoms with Crippen LogP contribution in [0.4, 0.5) is 0 Å². The van der Waals surface area contributed by atoms with Crippen LogP contribution < -0.4 is 11.1 Å². The number of nitrogens with zero attached hydrogens (tertiary/aromatic N) is 3. The first kappa shape index (κ1) is 13.2. The molecule has 1 heterocycles. The highest BCUT2D eigenvalue weighted by atomic mass is 16.2. The molecule has 100 valence electrons. The lowest BCUT2D eigenvalue weighted by molar-refractivity contribution is -0.122. The number of benzene rings is 1. The number of hydrogen-bond acceptors (Lipinski definition) is 4. The zero-order valence-electron chi connectivity index (χ0n) is 10.8. The molecule has 0 fully saturated rings. The van der Waals surface area contributed by atoms with Gasteiger partial charge < -0.3 is 11.1 Å². The molecule has 19 heavy (non-hydrogen) atoms. The summed E-state index contributed by atoms with van der Waals surface area (Å²) in [7, 11) is 0. The Labute approximate surface area is 111 Å². The van der Waals surface area contributed by atoms with E-state index in [-0.39, 0.29) is 12.5 Å². The van der Waals surface area contributed by atoms with Gasteiger partial charge in [0.25, 0.3) is 0 Å². The average molecular weight is 259 g/mol. The van der Waals surface area contributed by atoms with E-state index < -0.39 is 0 Å². The van der Waals surface area contributed by atoms with Crippen LogP contribution >= 0.6 is 0 Å². The topological polar surface area (TPSA) is 85.8 Å². The van der Waals surface area contributed by atoms with Gasteiger partial charge >= 0.3 is 0 Å². The molecule has 2 aromatic rings. The lowest BCUT2D eigenvalue weighted by Gasteiger charge is -2.07. The molecular weight excluding hydrogens is 242 g/mol. The van der Waals surface area contributed by atoms with Gasteiger partial charge in [-0.15, -0.1) is 5.10 Å². The first-order valence-electron chi connectivity index (χ1n) is 6.09. The standard InChI is InChI=1S/C13H17N5O/c1-10-4-2-3-5-11(10)7-15-13(19)9-18-8-12(6-14)16-17-18/h2-5,8H,6-7,9,14H2,1H3,(H,15,19). The van der Waals surface area contributed by atoms with Crippen molar-refractivity contribution in [3.8, 4) is 0 Å². The number of amides is 1. The van der Waals surface area contributed by atoms with Crippen molar-refractivity contribution >= 4 is 5.91 Å². The number of hydrogen-bond donors (Lipinski definition) is 2. The van der Waals surface area contributed by atoms with Gasteiger partial charge in [-0.1, -0.05) is 29.5 Å². The van der Waals surface area contributed by atoms with E-state index in [0.717, 1.165) is 11.1 Å². The Hall–Kier alpha value is -2.21. The Kier molecular flexibility index (Phi) is 4.25. The first-order valence-corrected chi connectivity index (χ1v) is 6.09. The predicted octanol–water partition coefficient (Wildman–Crippen LogP) is 0.362. The average Bonchev–Trinajstić information content (AvgIpc) is 2.85. The van der Waals surface area contributed by atoms with E-state index >= 15 is 0 Å². The Morgan fingerprint density at radius 2 is 2.21 bits per heavy atom. The highest BCUT2D eigenvalue weighted by molar-refractivity contribution is 5.75. The number of carbonyl (C=O) groups is 1. The van der Waals surface area contributed by atoms with Crippen LogP contribution in [0.5, 0.6) is 0 Å². The van der Waals surface area contributed by atoms with Crippen molar-refractivity contribution in [2.75, 3.05) is 0 Å². The van der Waals surface area contributed by atoms with Crippen molar-refractivity contribution in [1.82, 2.24) is 20.3 Å². The molecule has 0 aliphatic heterocycles. The minimum Gasteiger partial charge on any atom is -0.350 e. The minimum atomic E-state index is -0.100. The Balaban J connectivity index is 1.86. The van der Waals surface area contributed by atoms with Crippen LogP contribution in [0.1, 0.15) is 16.8 Å².